The number of aliphatic hydroxyl groups is 1. The minimum atomic E-state index is -0.266. The van der Waals surface area contributed by atoms with Crippen LogP contribution in [0.25, 0.3) is 0 Å². The van der Waals surface area contributed by atoms with Gasteiger partial charge in [0.05, 0.1) is 6.10 Å². The highest BCUT2D eigenvalue weighted by atomic mass is 16.3. The van der Waals surface area contributed by atoms with Gasteiger partial charge in [-0.1, -0.05) is 32.4 Å². The first-order chi connectivity index (χ1) is 7.76. The Morgan fingerprint density at radius 2 is 2.00 bits per heavy atom. The van der Waals surface area contributed by atoms with Gasteiger partial charge in [-0.3, -0.25) is 4.79 Å². The van der Waals surface area contributed by atoms with E-state index in [1.807, 2.05) is 0 Å². The van der Waals surface area contributed by atoms with E-state index in [4.69, 9.17) is 0 Å². The highest BCUT2D eigenvalue weighted by Gasteiger charge is 2.62. The van der Waals surface area contributed by atoms with Gasteiger partial charge in [-0.05, 0) is 36.0 Å². The molecule has 0 aromatic heterocycles. The van der Waals surface area contributed by atoms with Gasteiger partial charge in [-0.25, -0.2) is 0 Å². The number of Topliss-reactive ketones (excluding diaryl/α,β-unsaturated/α-hetero) is 1. The average molecular weight is 234 g/mol. The van der Waals surface area contributed by atoms with Crippen LogP contribution in [0, 0.1) is 28.6 Å². The molecule has 4 aliphatic rings. The number of carbonyl (C=O) groups excluding carboxylic acids is 1. The number of carbonyl (C=O) groups is 1. The Morgan fingerprint density at radius 3 is 2.59 bits per heavy atom. The van der Waals surface area contributed by atoms with Crippen LogP contribution in [0.15, 0.2) is 11.6 Å². The van der Waals surface area contributed by atoms with E-state index in [0.717, 1.165) is 6.42 Å². The molecule has 94 valence electrons. The second kappa shape index (κ2) is 3.03. The molecule has 0 spiro atoms. The highest BCUT2D eigenvalue weighted by Crippen LogP contribution is 2.63. The molecular weight excluding hydrogens is 212 g/mol. The Morgan fingerprint density at radius 1 is 1.35 bits per heavy atom. The monoisotopic (exact) mass is 234 g/mol. The van der Waals surface area contributed by atoms with Gasteiger partial charge in [0.2, 0.25) is 0 Å². The summed E-state index contributed by atoms with van der Waals surface area (Å²) < 4.78 is 0. The lowest BCUT2D eigenvalue weighted by atomic mass is 9.53. The van der Waals surface area contributed by atoms with Crippen LogP contribution < -0.4 is 0 Å². The molecule has 0 heterocycles. The Balaban J connectivity index is 2.12. The van der Waals surface area contributed by atoms with Crippen molar-refractivity contribution in [3.05, 3.63) is 11.6 Å². The zero-order valence-electron chi connectivity index (χ0n) is 11.2. The maximum absolute atomic E-state index is 12.2. The molecule has 2 fully saturated rings. The van der Waals surface area contributed by atoms with E-state index in [1.165, 1.54) is 5.57 Å². The fourth-order valence-corrected chi connectivity index (χ4v) is 4.94. The smallest absolute Gasteiger partial charge is 0.141 e. The third-order valence-electron chi connectivity index (χ3n) is 5.50. The van der Waals surface area contributed by atoms with Crippen molar-refractivity contribution in [2.75, 3.05) is 0 Å². The van der Waals surface area contributed by atoms with Gasteiger partial charge in [-0.15, -0.1) is 0 Å². The SMILES string of the molecule is CC1=C[C@@]2(C)CC(=O)[C@@H]1[C@H]1CC(C)(C)[C@@H](O)[C@H]12. The summed E-state index contributed by atoms with van der Waals surface area (Å²) >= 11 is 0. The predicted molar refractivity (Wildman–Crippen MR) is 66.4 cm³/mol. The zero-order chi connectivity index (χ0) is 12.6. The van der Waals surface area contributed by atoms with Crippen molar-refractivity contribution >= 4 is 5.78 Å². The van der Waals surface area contributed by atoms with Crippen LogP contribution in [-0.2, 0) is 4.79 Å². The van der Waals surface area contributed by atoms with Crippen molar-refractivity contribution in [2.45, 2.75) is 46.6 Å². The maximum atomic E-state index is 12.2. The molecule has 0 saturated heterocycles. The van der Waals surface area contributed by atoms with Crippen LogP contribution in [0.3, 0.4) is 0 Å². The van der Waals surface area contributed by atoms with Gasteiger partial charge < -0.3 is 5.11 Å². The molecule has 2 heteroatoms. The summed E-state index contributed by atoms with van der Waals surface area (Å²) in [5.74, 6) is 1.15. The fourth-order valence-electron chi connectivity index (χ4n) is 4.94. The molecule has 2 bridgehead atoms. The van der Waals surface area contributed by atoms with E-state index in [-0.39, 0.29) is 28.8 Å². The van der Waals surface area contributed by atoms with Gasteiger partial charge in [0.15, 0.2) is 0 Å². The van der Waals surface area contributed by atoms with Gasteiger partial charge in [0, 0.05) is 12.3 Å². The molecule has 0 aliphatic heterocycles. The third kappa shape index (κ3) is 1.28. The van der Waals surface area contributed by atoms with Crippen LogP contribution >= 0.6 is 0 Å². The summed E-state index contributed by atoms with van der Waals surface area (Å²) in [6.45, 7) is 8.52. The molecule has 0 aromatic rings. The van der Waals surface area contributed by atoms with Gasteiger partial charge in [-0.2, -0.15) is 0 Å². The Hall–Kier alpha value is -0.630. The second-order valence-electron chi connectivity index (χ2n) is 7.34. The number of hydrogen-bond acceptors (Lipinski definition) is 2. The highest BCUT2D eigenvalue weighted by molar-refractivity contribution is 5.87. The van der Waals surface area contributed by atoms with Crippen molar-refractivity contribution in [2.24, 2.45) is 28.6 Å². The second-order valence-corrected chi connectivity index (χ2v) is 7.34. The summed E-state index contributed by atoms with van der Waals surface area (Å²) in [5.41, 5.74) is 1.10. The molecule has 2 nitrogen and oxygen atoms in total. The number of rotatable bonds is 0. The maximum Gasteiger partial charge on any atom is 0.141 e. The van der Waals surface area contributed by atoms with Crippen molar-refractivity contribution in [1.29, 1.82) is 0 Å². The number of hydrogen-bond donors (Lipinski definition) is 1. The standard InChI is InChI=1S/C15H22O2/c1-8-5-15(4)7-10(16)11(8)9-6-14(2,3)13(17)12(9)15/h5,9,11-13,17H,6-7H2,1-4H3/t9-,11+,12+,13+,15+/m1/s1. The lowest BCUT2D eigenvalue weighted by Gasteiger charge is -2.51. The Labute approximate surface area is 103 Å². The predicted octanol–water partition coefficient (Wildman–Crippen LogP) is 2.56. The molecule has 4 aliphatic carbocycles. The zero-order valence-corrected chi connectivity index (χ0v) is 11.2. The quantitative estimate of drug-likeness (QED) is 0.654. The topological polar surface area (TPSA) is 37.3 Å². The molecule has 5 atom stereocenters. The molecular formula is C15H22O2. The number of aliphatic hydroxyl groups excluding tert-OH is 1. The van der Waals surface area contributed by atoms with Gasteiger partial charge in [0.25, 0.3) is 0 Å². The molecule has 0 aromatic carbocycles. The molecule has 2 saturated carbocycles. The summed E-state index contributed by atoms with van der Waals surface area (Å²) in [6, 6.07) is 0. The van der Waals surface area contributed by atoms with E-state index in [1.54, 1.807) is 0 Å². The van der Waals surface area contributed by atoms with E-state index in [2.05, 4.69) is 33.8 Å². The van der Waals surface area contributed by atoms with Crippen LogP contribution in [0.5, 0.6) is 0 Å². The normalized spacial score (nSPS) is 51.4. The van der Waals surface area contributed by atoms with Crippen molar-refractivity contribution in [3.63, 3.8) is 0 Å². The van der Waals surface area contributed by atoms with E-state index in [9.17, 15) is 9.90 Å². The molecule has 1 N–H and O–H groups in total. The Kier molecular flexibility index (Phi) is 2.04. The molecule has 17 heavy (non-hydrogen) atoms. The molecule has 0 unspecified atom stereocenters. The number of ketones is 1. The molecule has 4 rings (SSSR count). The summed E-state index contributed by atoms with van der Waals surface area (Å²) in [4.78, 5) is 12.2. The van der Waals surface area contributed by atoms with Crippen LogP contribution in [0.1, 0.15) is 40.5 Å². The summed E-state index contributed by atoms with van der Waals surface area (Å²) in [6.07, 6.45) is 3.61. The van der Waals surface area contributed by atoms with Crippen LogP contribution in [0.4, 0.5) is 0 Å². The first-order valence-corrected chi connectivity index (χ1v) is 6.66. The Bertz CT molecular complexity index is 421. The fraction of sp³-hybridized carbons (Fsp3) is 0.800. The lowest BCUT2D eigenvalue weighted by Crippen LogP contribution is -2.51. The number of fused-ring (bicyclic) bond motifs is 1. The van der Waals surface area contributed by atoms with Crippen molar-refractivity contribution < 1.29 is 9.90 Å². The lowest BCUT2D eigenvalue weighted by molar-refractivity contribution is -0.134. The van der Waals surface area contributed by atoms with Crippen molar-refractivity contribution in [1.82, 2.24) is 0 Å². The summed E-state index contributed by atoms with van der Waals surface area (Å²) in [7, 11) is 0. The van der Waals surface area contributed by atoms with E-state index >= 15 is 0 Å². The first-order valence-electron chi connectivity index (χ1n) is 6.66. The minimum Gasteiger partial charge on any atom is -0.392 e. The molecule has 0 amide bonds. The van der Waals surface area contributed by atoms with Crippen LogP contribution in [-0.4, -0.2) is 17.0 Å². The van der Waals surface area contributed by atoms with E-state index < -0.39 is 0 Å². The summed E-state index contributed by atoms with van der Waals surface area (Å²) in [5, 5.41) is 10.6. The van der Waals surface area contributed by atoms with E-state index in [0.29, 0.717) is 18.1 Å². The average Bonchev–Trinajstić information content (AvgIpc) is 2.36. The largest absolute Gasteiger partial charge is 0.392 e. The van der Waals surface area contributed by atoms with Gasteiger partial charge in [0.1, 0.15) is 5.78 Å². The van der Waals surface area contributed by atoms with Gasteiger partial charge >= 0.3 is 0 Å². The molecule has 0 radical (unpaired) electrons. The third-order valence-corrected chi connectivity index (χ3v) is 5.50. The first kappa shape index (κ1) is 11.5. The number of allylic oxidation sites excluding steroid dienone is 2. The van der Waals surface area contributed by atoms with Crippen molar-refractivity contribution in [3.8, 4) is 0 Å². The van der Waals surface area contributed by atoms with Crippen LogP contribution in [0.2, 0.25) is 0 Å². The minimum absolute atomic E-state index is 0.0437.